The molecular formula is C16H22N4O5S. The van der Waals surface area contributed by atoms with E-state index in [0.29, 0.717) is 0 Å². The van der Waals surface area contributed by atoms with E-state index >= 15 is 0 Å². The second kappa shape index (κ2) is 7.42. The van der Waals surface area contributed by atoms with E-state index < -0.39 is 33.3 Å². The van der Waals surface area contributed by atoms with Crippen molar-refractivity contribution in [2.75, 3.05) is 0 Å². The molecule has 1 aromatic carbocycles. The van der Waals surface area contributed by atoms with Gasteiger partial charge in [-0.3, -0.25) is 25.2 Å². The van der Waals surface area contributed by atoms with Crippen molar-refractivity contribution in [1.29, 1.82) is 0 Å². The Morgan fingerprint density at radius 3 is 2.27 bits per heavy atom. The quantitative estimate of drug-likeness (QED) is 0.423. The molecule has 1 fully saturated rings. The SMILES string of the molecule is CC(C)(C)NS(=O)(=O)c1cccc(C(=O)NNC(=O)C(=O)NC2CC2)c1. The maximum atomic E-state index is 12.3. The summed E-state index contributed by atoms with van der Waals surface area (Å²) < 4.78 is 27.1. The standard InChI is InChI=1S/C16H22N4O5S/c1-16(2,3)20-26(24,25)12-6-4-5-10(9-12)13(21)18-19-15(23)14(22)17-11-7-8-11/h4-6,9,11,20H,7-8H2,1-3H3,(H,17,22)(H,18,21)(H,19,23). The summed E-state index contributed by atoms with van der Waals surface area (Å²) in [6.45, 7) is 5.09. The summed E-state index contributed by atoms with van der Waals surface area (Å²) in [7, 11) is -3.81. The third-order valence-corrected chi connectivity index (χ3v) is 5.01. The Morgan fingerprint density at radius 1 is 1.04 bits per heavy atom. The van der Waals surface area contributed by atoms with E-state index in [2.05, 4.69) is 15.5 Å². The molecule has 9 nitrogen and oxygen atoms in total. The third kappa shape index (κ3) is 5.81. The zero-order valence-electron chi connectivity index (χ0n) is 14.8. The molecule has 1 aromatic rings. The summed E-state index contributed by atoms with van der Waals surface area (Å²) in [6.07, 6.45) is 1.66. The Hall–Kier alpha value is -2.46. The molecular weight excluding hydrogens is 360 g/mol. The molecule has 1 saturated carbocycles. The van der Waals surface area contributed by atoms with Crippen molar-refractivity contribution < 1.29 is 22.8 Å². The van der Waals surface area contributed by atoms with Gasteiger partial charge in [0, 0.05) is 17.1 Å². The number of hydrogen-bond donors (Lipinski definition) is 4. The van der Waals surface area contributed by atoms with Crippen LogP contribution in [0.3, 0.4) is 0 Å². The van der Waals surface area contributed by atoms with Gasteiger partial charge in [0.15, 0.2) is 0 Å². The molecule has 0 bridgehead atoms. The lowest BCUT2D eigenvalue weighted by molar-refractivity contribution is -0.139. The fraction of sp³-hybridized carbons (Fsp3) is 0.438. The lowest BCUT2D eigenvalue weighted by Crippen LogP contribution is -2.49. The number of carbonyl (C=O) groups is 3. The summed E-state index contributed by atoms with van der Waals surface area (Å²) in [5, 5.41) is 2.48. The molecule has 0 aliphatic heterocycles. The maximum absolute atomic E-state index is 12.3. The number of carbonyl (C=O) groups excluding carboxylic acids is 3. The van der Waals surface area contributed by atoms with Gasteiger partial charge in [-0.15, -0.1) is 0 Å². The zero-order valence-corrected chi connectivity index (χ0v) is 15.6. The first-order valence-corrected chi connectivity index (χ1v) is 9.51. The Bertz CT molecular complexity index is 825. The van der Waals surface area contributed by atoms with Gasteiger partial charge in [-0.1, -0.05) is 6.07 Å². The summed E-state index contributed by atoms with van der Waals surface area (Å²) in [6, 6.07) is 5.35. The number of amides is 3. The van der Waals surface area contributed by atoms with Crippen LogP contribution in [0, 0.1) is 0 Å². The van der Waals surface area contributed by atoms with E-state index in [1.54, 1.807) is 20.8 Å². The van der Waals surface area contributed by atoms with Crippen molar-refractivity contribution in [2.24, 2.45) is 0 Å². The Kier molecular flexibility index (Phi) is 5.67. The number of sulfonamides is 1. The average Bonchev–Trinajstić information content (AvgIpc) is 3.34. The normalized spacial score (nSPS) is 14.4. The first kappa shape index (κ1) is 19.9. The number of benzene rings is 1. The monoisotopic (exact) mass is 382 g/mol. The summed E-state index contributed by atoms with van der Waals surface area (Å²) >= 11 is 0. The highest BCUT2D eigenvalue weighted by Crippen LogP contribution is 2.18. The van der Waals surface area contributed by atoms with E-state index in [-0.39, 0.29) is 16.5 Å². The topological polar surface area (TPSA) is 133 Å². The second-order valence-electron chi connectivity index (χ2n) is 7.04. The highest BCUT2D eigenvalue weighted by atomic mass is 32.2. The van der Waals surface area contributed by atoms with Gasteiger partial charge in [0.25, 0.3) is 5.91 Å². The van der Waals surface area contributed by atoms with E-state index in [1.165, 1.54) is 24.3 Å². The summed E-state index contributed by atoms with van der Waals surface area (Å²) in [4.78, 5) is 35.1. The lowest BCUT2D eigenvalue weighted by atomic mass is 10.1. The van der Waals surface area contributed by atoms with Crippen molar-refractivity contribution in [3.05, 3.63) is 29.8 Å². The van der Waals surface area contributed by atoms with Crippen molar-refractivity contribution in [3.8, 4) is 0 Å². The smallest absolute Gasteiger partial charge is 0.327 e. The van der Waals surface area contributed by atoms with Crippen LogP contribution in [0.15, 0.2) is 29.2 Å². The van der Waals surface area contributed by atoms with Crippen molar-refractivity contribution in [1.82, 2.24) is 20.9 Å². The fourth-order valence-electron chi connectivity index (χ4n) is 1.99. The Balaban J connectivity index is 2.01. The summed E-state index contributed by atoms with van der Waals surface area (Å²) in [5.41, 5.74) is 3.42. The fourth-order valence-corrected chi connectivity index (χ4v) is 3.45. The molecule has 0 heterocycles. The predicted molar refractivity (Wildman–Crippen MR) is 93.3 cm³/mol. The third-order valence-electron chi connectivity index (χ3n) is 3.26. The van der Waals surface area contributed by atoms with Gasteiger partial charge in [-0.2, -0.15) is 0 Å². The van der Waals surface area contributed by atoms with Crippen LogP contribution in [0.4, 0.5) is 0 Å². The number of nitrogens with one attached hydrogen (secondary N) is 4. The predicted octanol–water partition coefficient (Wildman–Crippen LogP) is -0.197. The van der Waals surface area contributed by atoms with Gasteiger partial charge in [0.1, 0.15) is 0 Å². The number of hydrazine groups is 1. The number of hydrogen-bond acceptors (Lipinski definition) is 5. The van der Waals surface area contributed by atoms with Crippen LogP contribution < -0.4 is 20.9 Å². The van der Waals surface area contributed by atoms with Crippen LogP contribution in [0.1, 0.15) is 44.0 Å². The molecule has 0 unspecified atom stereocenters. The maximum Gasteiger partial charge on any atom is 0.327 e. The minimum absolute atomic E-state index is 0.0150. The molecule has 2 rings (SSSR count). The Labute approximate surface area is 151 Å². The molecule has 0 atom stereocenters. The highest BCUT2D eigenvalue weighted by molar-refractivity contribution is 7.89. The van der Waals surface area contributed by atoms with Crippen LogP contribution >= 0.6 is 0 Å². The van der Waals surface area contributed by atoms with Crippen LogP contribution in [0.25, 0.3) is 0 Å². The zero-order chi connectivity index (χ0) is 19.5. The van der Waals surface area contributed by atoms with Gasteiger partial charge in [0.05, 0.1) is 4.90 Å². The molecule has 26 heavy (non-hydrogen) atoms. The highest BCUT2D eigenvalue weighted by Gasteiger charge is 2.27. The van der Waals surface area contributed by atoms with E-state index in [9.17, 15) is 22.8 Å². The van der Waals surface area contributed by atoms with Gasteiger partial charge in [0.2, 0.25) is 10.0 Å². The molecule has 1 aliphatic carbocycles. The van der Waals surface area contributed by atoms with Crippen LogP contribution in [0.2, 0.25) is 0 Å². The van der Waals surface area contributed by atoms with Gasteiger partial charge >= 0.3 is 11.8 Å². The molecule has 142 valence electrons. The molecule has 0 spiro atoms. The van der Waals surface area contributed by atoms with Gasteiger partial charge < -0.3 is 5.32 Å². The Morgan fingerprint density at radius 2 is 1.69 bits per heavy atom. The minimum atomic E-state index is -3.81. The van der Waals surface area contributed by atoms with E-state index in [1.807, 2.05) is 5.43 Å². The first-order valence-electron chi connectivity index (χ1n) is 8.03. The molecule has 0 radical (unpaired) electrons. The molecule has 0 saturated heterocycles. The molecule has 1 aliphatic rings. The first-order chi connectivity index (χ1) is 12.0. The van der Waals surface area contributed by atoms with Crippen molar-refractivity contribution >= 4 is 27.7 Å². The lowest BCUT2D eigenvalue weighted by Gasteiger charge is -2.20. The van der Waals surface area contributed by atoms with Crippen LogP contribution in [-0.4, -0.2) is 37.7 Å². The van der Waals surface area contributed by atoms with Crippen molar-refractivity contribution in [2.45, 2.75) is 50.1 Å². The molecule has 0 aromatic heterocycles. The minimum Gasteiger partial charge on any atom is -0.345 e. The second-order valence-corrected chi connectivity index (χ2v) is 8.72. The van der Waals surface area contributed by atoms with Crippen molar-refractivity contribution in [3.63, 3.8) is 0 Å². The summed E-state index contributed by atoms with van der Waals surface area (Å²) in [5.74, 6) is -2.58. The van der Waals surface area contributed by atoms with Gasteiger partial charge in [-0.25, -0.2) is 13.1 Å². The van der Waals surface area contributed by atoms with E-state index in [4.69, 9.17) is 0 Å². The number of rotatable bonds is 4. The largest absolute Gasteiger partial charge is 0.345 e. The van der Waals surface area contributed by atoms with Crippen LogP contribution in [-0.2, 0) is 19.6 Å². The molecule has 4 N–H and O–H groups in total. The van der Waals surface area contributed by atoms with Gasteiger partial charge in [-0.05, 0) is 51.8 Å². The van der Waals surface area contributed by atoms with E-state index in [0.717, 1.165) is 12.8 Å². The molecule has 3 amide bonds. The molecule has 10 heteroatoms. The van der Waals surface area contributed by atoms with Crippen LogP contribution in [0.5, 0.6) is 0 Å². The average molecular weight is 382 g/mol.